The maximum absolute atomic E-state index is 4.73. The van der Waals surface area contributed by atoms with E-state index in [4.69, 9.17) is 4.98 Å². The van der Waals surface area contributed by atoms with Crippen LogP contribution in [0.5, 0.6) is 0 Å². The average molecular weight is 648 g/mol. The average Bonchev–Trinajstić information content (AvgIpc) is 3.07. The molecule has 0 aliphatic heterocycles. The molecule has 0 spiro atoms. The molecular weight excluding hydrogens is 601 g/mol. The summed E-state index contributed by atoms with van der Waals surface area (Å²) in [5.41, 5.74) is 23.0. The molecule has 6 aromatic rings. The molecule has 0 amide bonds. The van der Waals surface area contributed by atoms with Crippen LogP contribution < -0.4 is 10.9 Å². The van der Waals surface area contributed by atoms with Crippen LogP contribution in [0.3, 0.4) is 0 Å². The van der Waals surface area contributed by atoms with Gasteiger partial charge in [0.05, 0.1) is 0 Å². The Bertz CT molecular complexity index is 2340. The minimum atomic E-state index is 0.288. The lowest BCUT2D eigenvalue weighted by molar-refractivity contribution is 0.689. The Hall–Kier alpha value is -4.95. The van der Waals surface area contributed by atoms with Gasteiger partial charge in [-0.1, -0.05) is 154 Å². The number of fused-ring (bicyclic) bond motifs is 2. The van der Waals surface area contributed by atoms with E-state index in [-0.39, 0.29) is 6.71 Å². The third kappa shape index (κ3) is 5.37. The zero-order chi connectivity index (χ0) is 34.8. The highest BCUT2D eigenvalue weighted by molar-refractivity contribution is 6.88. The van der Waals surface area contributed by atoms with Crippen molar-refractivity contribution >= 4 is 28.4 Å². The number of aryl methyl sites for hydroxylation is 5. The van der Waals surface area contributed by atoms with Crippen LogP contribution in [0.25, 0.3) is 44.2 Å². The number of hydrogen-bond donors (Lipinski definition) is 0. The predicted octanol–water partition coefficient (Wildman–Crippen LogP) is 11.2. The second kappa shape index (κ2) is 12.4. The smallest absolute Gasteiger partial charge is 0.218 e. The lowest BCUT2D eigenvalue weighted by atomic mass is 9.28. The Kier molecular flexibility index (Phi) is 8.02. The zero-order valence-corrected chi connectivity index (χ0v) is 30.8. The standard InChI is InChI=1S/C48H46BN/c1-28-19-30(3)46(31(4)20-28)49(47-32(5)21-29(2)22-33(47)6)48-34(7)23-40(24-35(48)8)36-13-15-37(16-14-36)42-18-17-39-25-38-11-9-10-12-41(38)43-26-50-27-44(42)45(39)43/h9-24,26-27,30,46H,25H2,1-8H3. The van der Waals surface area contributed by atoms with Crippen molar-refractivity contribution in [1.29, 1.82) is 0 Å². The van der Waals surface area contributed by atoms with Crippen molar-refractivity contribution in [2.24, 2.45) is 5.92 Å². The van der Waals surface area contributed by atoms with E-state index in [2.05, 4.69) is 159 Å². The van der Waals surface area contributed by atoms with Crippen molar-refractivity contribution in [3.8, 4) is 33.4 Å². The minimum Gasteiger partial charge on any atom is -0.263 e. The van der Waals surface area contributed by atoms with E-state index in [9.17, 15) is 0 Å². The number of hydrogen-bond acceptors (Lipinski definition) is 1. The van der Waals surface area contributed by atoms with Gasteiger partial charge in [-0.15, -0.1) is 0 Å². The van der Waals surface area contributed by atoms with Crippen LogP contribution in [0, 0.1) is 40.5 Å². The van der Waals surface area contributed by atoms with Crippen molar-refractivity contribution in [3.05, 3.63) is 160 Å². The van der Waals surface area contributed by atoms with Crippen molar-refractivity contribution in [2.75, 3.05) is 0 Å². The van der Waals surface area contributed by atoms with Gasteiger partial charge in [0.2, 0.25) is 6.71 Å². The SMILES string of the molecule is CC1=CC(C)C(B(c2c(C)cc(C)cc2C)c2c(C)cc(-c3ccc(-c4ccc5c6c(cncc46)-c4ccccc4C5)cc3)cc2C)C(C)=C1. The Morgan fingerprint density at radius 2 is 1.24 bits per heavy atom. The molecule has 2 atom stereocenters. The maximum atomic E-state index is 4.73. The molecule has 5 aromatic carbocycles. The Morgan fingerprint density at radius 3 is 1.92 bits per heavy atom. The molecule has 8 rings (SSSR count). The summed E-state index contributed by atoms with van der Waals surface area (Å²) in [4.78, 5) is 4.73. The minimum absolute atomic E-state index is 0.288. The Labute approximate surface area is 298 Å². The van der Waals surface area contributed by atoms with Crippen molar-refractivity contribution < 1.29 is 0 Å². The number of rotatable bonds is 5. The molecule has 2 heteroatoms. The first-order chi connectivity index (χ1) is 24.1. The van der Waals surface area contributed by atoms with Crippen LogP contribution >= 0.6 is 0 Å². The predicted molar refractivity (Wildman–Crippen MR) is 216 cm³/mol. The topological polar surface area (TPSA) is 12.9 Å². The van der Waals surface area contributed by atoms with Gasteiger partial charge in [-0.25, -0.2) is 0 Å². The summed E-state index contributed by atoms with van der Waals surface area (Å²) in [6, 6.07) is 32.2. The van der Waals surface area contributed by atoms with Gasteiger partial charge >= 0.3 is 0 Å². The fourth-order valence-electron chi connectivity index (χ4n) is 9.78. The third-order valence-corrected chi connectivity index (χ3v) is 11.6. The van der Waals surface area contributed by atoms with Gasteiger partial charge in [0, 0.05) is 23.3 Å². The molecule has 0 radical (unpaired) electrons. The maximum Gasteiger partial charge on any atom is 0.218 e. The first-order valence-corrected chi connectivity index (χ1v) is 18.2. The van der Waals surface area contributed by atoms with Crippen LogP contribution in [0.4, 0.5) is 0 Å². The summed E-state index contributed by atoms with van der Waals surface area (Å²) >= 11 is 0. The second-order valence-electron chi connectivity index (χ2n) is 15.3. The van der Waals surface area contributed by atoms with E-state index in [1.807, 2.05) is 6.20 Å². The first-order valence-electron chi connectivity index (χ1n) is 18.2. The van der Waals surface area contributed by atoms with Gasteiger partial charge in [0.1, 0.15) is 0 Å². The Morgan fingerprint density at radius 1 is 0.600 bits per heavy atom. The number of allylic oxidation sites excluding steroid dienone is 4. The molecule has 0 saturated heterocycles. The van der Waals surface area contributed by atoms with Gasteiger partial charge in [-0.3, -0.25) is 4.98 Å². The van der Waals surface area contributed by atoms with Crippen LogP contribution in [0.2, 0.25) is 5.82 Å². The highest BCUT2D eigenvalue weighted by Gasteiger charge is 2.38. The molecule has 0 saturated carbocycles. The highest BCUT2D eigenvalue weighted by Crippen LogP contribution is 2.42. The van der Waals surface area contributed by atoms with E-state index in [0.717, 1.165) is 6.42 Å². The molecule has 1 aromatic heterocycles. The monoisotopic (exact) mass is 647 g/mol. The quantitative estimate of drug-likeness (QED) is 0.169. The molecule has 50 heavy (non-hydrogen) atoms. The second-order valence-corrected chi connectivity index (χ2v) is 15.3. The molecule has 1 nitrogen and oxygen atoms in total. The summed E-state index contributed by atoms with van der Waals surface area (Å²) < 4.78 is 0. The van der Waals surface area contributed by atoms with Gasteiger partial charge in [0.25, 0.3) is 0 Å². The molecule has 0 N–H and O–H groups in total. The van der Waals surface area contributed by atoms with E-state index in [1.54, 1.807) is 0 Å². The lowest BCUT2D eigenvalue weighted by Crippen LogP contribution is -2.52. The molecular formula is C48H46BN. The largest absolute Gasteiger partial charge is 0.263 e. The fraction of sp³-hybridized carbons (Fsp3) is 0.229. The summed E-state index contributed by atoms with van der Waals surface area (Å²) in [5, 5.41) is 2.58. The fourth-order valence-corrected chi connectivity index (χ4v) is 9.78. The molecule has 0 bridgehead atoms. The highest BCUT2D eigenvalue weighted by atomic mass is 14.6. The number of nitrogens with zero attached hydrogens (tertiary/aromatic N) is 1. The van der Waals surface area contributed by atoms with Gasteiger partial charge in [-0.2, -0.15) is 0 Å². The molecule has 0 fully saturated rings. The van der Waals surface area contributed by atoms with Crippen LogP contribution in [-0.4, -0.2) is 11.7 Å². The van der Waals surface area contributed by atoms with E-state index in [1.165, 1.54) is 105 Å². The normalized spacial score (nSPS) is 16.6. The van der Waals surface area contributed by atoms with Gasteiger partial charge in [-0.05, 0) is 111 Å². The first kappa shape index (κ1) is 32.3. The summed E-state index contributed by atoms with van der Waals surface area (Å²) in [6.07, 6.45) is 9.95. The van der Waals surface area contributed by atoms with E-state index < -0.39 is 0 Å². The third-order valence-electron chi connectivity index (χ3n) is 11.6. The molecule has 2 aliphatic carbocycles. The number of benzene rings is 5. The number of aromatic nitrogens is 1. The summed E-state index contributed by atoms with van der Waals surface area (Å²) in [6.45, 7) is 18.8. The molecule has 1 heterocycles. The van der Waals surface area contributed by atoms with Crippen LogP contribution in [-0.2, 0) is 6.42 Å². The van der Waals surface area contributed by atoms with Crippen molar-refractivity contribution in [3.63, 3.8) is 0 Å². The Balaban J connectivity index is 1.19. The van der Waals surface area contributed by atoms with Crippen LogP contribution in [0.15, 0.2) is 121 Å². The molecule has 2 aliphatic rings. The molecule has 2 unspecified atom stereocenters. The summed E-state index contributed by atoms with van der Waals surface area (Å²) in [7, 11) is 0. The zero-order valence-electron chi connectivity index (χ0n) is 30.8. The van der Waals surface area contributed by atoms with Crippen molar-refractivity contribution in [1.82, 2.24) is 4.98 Å². The van der Waals surface area contributed by atoms with Crippen LogP contribution in [0.1, 0.15) is 59.7 Å². The van der Waals surface area contributed by atoms with Gasteiger partial charge < -0.3 is 0 Å². The lowest BCUT2D eigenvalue weighted by Gasteiger charge is -2.36. The van der Waals surface area contributed by atoms with Gasteiger partial charge in [0.15, 0.2) is 0 Å². The van der Waals surface area contributed by atoms with E-state index >= 15 is 0 Å². The van der Waals surface area contributed by atoms with E-state index in [0.29, 0.717) is 11.7 Å². The summed E-state index contributed by atoms with van der Waals surface area (Å²) in [5.74, 6) is 0.864. The molecule has 246 valence electrons. The van der Waals surface area contributed by atoms with Crippen molar-refractivity contribution in [2.45, 2.75) is 67.6 Å². The number of pyridine rings is 1.